The average Bonchev–Trinajstić information content (AvgIpc) is 2.71. The molecule has 0 aliphatic carbocycles. The lowest BCUT2D eigenvalue weighted by atomic mass is 9.97. The fourth-order valence-corrected chi connectivity index (χ4v) is 2.98. The van der Waals surface area contributed by atoms with Crippen LogP contribution in [0.1, 0.15) is 42.1 Å². The summed E-state index contributed by atoms with van der Waals surface area (Å²) in [6.07, 6.45) is 1.06. The van der Waals surface area contributed by atoms with Crippen molar-refractivity contribution >= 4 is 0 Å². The van der Waals surface area contributed by atoms with Crippen molar-refractivity contribution in [2.24, 2.45) is 0 Å². The number of rotatable bonds is 3. The molecule has 0 radical (unpaired) electrons. The van der Waals surface area contributed by atoms with E-state index in [4.69, 9.17) is 0 Å². The van der Waals surface area contributed by atoms with Gasteiger partial charge in [0.25, 0.3) is 0 Å². The van der Waals surface area contributed by atoms with E-state index in [2.05, 4.69) is 41.8 Å². The highest BCUT2D eigenvalue weighted by molar-refractivity contribution is 5.31. The van der Waals surface area contributed by atoms with Crippen LogP contribution in [0.3, 0.4) is 0 Å². The quantitative estimate of drug-likeness (QED) is 0.898. The van der Waals surface area contributed by atoms with E-state index in [1.165, 1.54) is 23.3 Å². The van der Waals surface area contributed by atoms with Gasteiger partial charge in [-0.3, -0.25) is 0 Å². The van der Waals surface area contributed by atoms with Crippen molar-refractivity contribution in [1.29, 1.82) is 0 Å². The number of hydrogen-bond acceptors (Lipinski definition) is 2. The van der Waals surface area contributed by atoms with E-state index in [1.807, 2.05) is 12.1 Å². The van der Waals surface area contributed by atoms with Crippen molar-refractivity contribution in [1.82, 2.24) is 10.6 Å². The summed E-state index contributed by atoms with van der Waals surface area (Å²) in [5.41, 5.74) is 3.85. The smallest absolute Gasteiger partial charge is 0.123 e. The van der Waals surface area contributed by atoms with Gasteiger partial charge in [-0.25, -0.2) is 4.39 Å². The first kappa shape index (κ1) is 14.2. The SMILES string of the molecule is C[C@@H](NC1CCNCc2ccccc21)c1ccc(F)cc1. The maximum Gasteiger partial charge on any atom is 0.123 e. The third-order valence-electron chi connectivity index (χ3n) is 4.18. The van der Waals surface area contributed by atoms with Gasteiger partial charge in [-0.2, -0.15) is 0 Å². The summed E-state index contributed by atoms with van der Waals surface area (Å²) in [5, 5.41) is 7.15. The molecule has 1 unspecified atom stereocenters. The molecule has 0 spiro atoms. The molecule has 21 heavy (non-hydrogen) atoms. The van der Waals surface area contributed by atoms with E-state index in [0.717, 1.165) is 25.1 Å². The lowest BCUT2D eigenvalue weighted by Crippen LogP contribution is -2.26. The Bertz CT molecular complexity index is 594. The number of hydrogen-bond donors (Lipinski definition) is 2. The molecule has 3 rings (SSSR count). The Balaban J connectivity index is 1.79. The van der Waals surface area contributed by atoms with Crippen molar-refractivity contribution in [2.45, 2.75) is 32.0 Å². The fraction of sp³-hybridized carbons (Fsp3) is 0.333. The summed E-state index contributed by atoms with van der Waals surface area (Å²) in [6.45, 7) is 4.07. The van der Waals surface area contributed by atoms with Gasteiger partial charge in [0.05, 0.1) is 0 Å². The molecule has 0 aromatic heterocycles. The maximum atomic E-state index is 13.0. The molecule has 0 fully saturated rings. The van der Waals surface area contributed by atoms with Crippen molar-refractivity contribution < 1.29 is 4.39 Å². The molecule has 0 saturated carbocycles. The summed E-state index contributed by atoms with van der Waals surface area (Å²) in [5.74, 6) is -0.185. The van der Waals surface area contributed by atoms with Gasteiger partial charge in [-0.1, -0.05) is 36.4 Å². The van der Waals surface area contributed by atoms with Gasteiger partial charge in [0.1, 0.15) is 5.82 Å². The van der Waals surface area contributed by atoms with Crippen LogP contribution in [0.5, 0.6) is 0 Å². The molecular weight excluding hydrogens is 263 g/mol. The van der Waals surface area contributed by atoms with E-state index in [9.17, 15) is 4.39 Å². The minimum Gasteiger partial charge on any atom is -0.313 e. The summed E-state index contributed by atoms with van der Waals surface area (Å²) in [6, 6.07) is 15.9. The Kier molecular flexibility index (Phi) is 4.32. The van der Waals surface area contributed by atoms with E-state index >= 15 is 0 Å². The molecular formula is C18H21FN2. The predicted octanol–water partition coefficient (Wildman–Crippen LogP) is 3.71. The topological polar surface area (TPSA) is 24.1 Å². The molecule has 2 N–H and O–H groups in total. The molecule has 1 aliphatic heterocycles. The van der Waals surface area contributed by atoms with Crippen LogP contribution in [0.4, 0.5) is 4.39 Å². The summed E-state index contributed by atoms with van der Waals surface area (Å²) >= 11 is 0. The van der Waals surface area contributed by atoms with Gasteiger partial charge in [0.2, 0.25) is 0 Å². The maximum absolute atomic E-state index is 13.0. The van der Waals surface area contributed by atoms with Crippen LogP contribution < -0.4 is 10.6 Å². The first-order valence-corrected chi connectivity index (χ1v) is 7.54. The fourth-order valence-electron chi connectivity index (χ4n) is 2.98. The normalized spacial score (nSPS) is 19.6. The molecule has 3 heteroatoms. The molecule has 2 atom stereocenters. The second-order valence-corrected chi connectivity index (χ2v) is 5.66. The van der Waals surface area contributed by atoms with E-state index < -0.39 is 0 Å². The van der Waals surface area contributed by atoms with E-state index in [1.54, 1.807) is 0 Å². The van der Waals surface area contributed by atoms with E-state index in [0.29, 0.717) is 6.04 Å². The number of nitrogens with one attached hydrogen (secondary N) is 2. The Morgan fingerprint density at radius 1 is 1.14 bits per heavy atom. The van der Waals surface area contributed by atoms with Crippen molar-refractivity contribution in [3.63, 3.8) is 0 Å². The number of benzene rings is 2. The molecule has 0 amide bonds. The van der Waals surface area contributed by atoms with Crippen molar-refractivity contribution in [3.05, 3.63) is 71.0 Å². The molecule has 110 valence electrons. The summed E-state index contributed by atoms with van der Waals surface area (Å²) in [4.78, 5) is 0. The molecule has 2 aromatic rings. The lowest BCUT2D eigenvalue weighted by molar-refractivity contribution is 0.443. The van der Waals surface area contributed by atoms with Gasteiger partial charge in [-0.05, 0) is 48.7 Å². The third kappa shape index (κ3) is 3.31. The van der Waals surface area contributed by atoms with Gasteiger partial charge >= 0.3 is 0 Å². The molecule has 0 saturated heterocycles. The monoisotopic (exact) mass is 284 g/mol. The van der Waals surface area contributed by atoms with Gasteiger partial charge in [0, 0.05) is 18.6 Å². The highest BCUT2D eigenvalue weighted by Gasteiger charge is 2.20. The molecule has 2 aromatic carbocycles. The average molecular weight is 284 g/mol. The minimum absolute atomic E-state index is 0.185. The standard InChI is InChI=1S/C18H21FN2/c1-13(14-6-8-16(19)9-7-14)21-18-10-11-20-12-15-4-2-3-5-17(15)18/h2-9,13,18,20-21H,10-12H2,1H3/t13-,18?/m1/s1. The predicted molar refractivity (Wildman–Crippen MR) is 83.5 cm³/mol. The molecule has 1 aliphatic rings. The zero-order valence-corrected chi connectivity index (χ0v) is 12.3. The first-order valence-electron chi connectivity index (χ1n) is 7.54. The largest absolute Gasteiger partial charge is 0.313 e. The van der Waals surface area contributed by atoms with Crippen molar-refractivity contribution in [2.75, 3.05) is 6.54 Å². The van der Waals surface area contributed by atoms with Crippen LogP contribution in [-0.2, 0) is 6.54 Å². The van der Waals surface area contributed by atoms with Gasteiger partial charge < -0.3 is 10.6 Å². The van der Waals surface area contributed by atoms with Gasteiger partial charge in [-0.15, -0.1) is 0 Å². The van der Waals surface area contributed by atoms with Gasteiger partial charge in [0.15, 0.2) is 0 Å². The van der Waals surface area contributed by atoms with Crippen LogP contribution in [0, 0.1) is 5.82 Å². The van der Waals surface area contributed by atoms with Crippen LogP contribution in [0.2, 0.25) is 0 Å². The Morgan fingerprint density at radius 2 is 1.90 bits per heavy atom. The number of halogens is 1. The van der Waals surface area contributed by atoms with Crippen molar-refractivity contribution in [3.8, 4) is 0 Å². The first-order chi connectivity index (χ1) is 10.2. The molecule has 2 nitrogen and oxygen atoms in total. The zero-order chi connectivity index (χ0) is 14.7. The van der Waals surface area contributed by atoms with Crippen LogP contribution in [0.15, 0.2) is 48.5 Å². The Morgan fingerprint density at radius 3 is 2.71 bits per heavy atom. The number of fused-ring (bicyclic) bond motifs is 1. The summed E-state index contributed by atoms with van der Waals surface area (Å²) < 4.78 is 13.0. The second kappa shape index (κ2) is 6.37. The van der Waals surface area contributed by atoms with Crippen LogP contribution in [-0.4, -0.2) is 6.54 Å². The Hall–Kier alpha value is -1.71. The highest BCUT2D eigenvalue weighted by Crippen LogP contribution is 2.26. The minimum atomic E-state index is -0.185. The molecule has 0 bridgehead atoms. The lowest BCUT2D eigenvalue weighted by Gasteiger charge is -2.24. The second-order valence-electron chi connectivity index (χ2n) is 5.66. The van der Waals surface area contributed by atoms with E-state index in [-0.39, 0.29) is 11.9 Å². The highest BCUT2D eigenvalue weighted by atomic mass is 19.1. The molecule has 1 heterocycles. The van der Waals surface area contributed by atoms with Crippen LogP contribution in [0.25, 0.3) is 0 Å². The zero-order valence-electron chi connectivity index (χ0n) is 12.3. The Labute approximate surface area is 125 Å². The third-order valence-corrected chi connectivity index (χ3v) is 4.18. The van der Waals surface area contributed by atoms with Crippen LogP contribution >= 0.6 is 0 Å². The summed E-state index contributed by atoms with van der Waals surface area (Å²) in [7, 11) is 0.